The van der Waals surface area contributed by atoms with E-state index in [-0.39, 0.29) is 24.3 Å². The molecule has 164 valence electrons. The highest BCUT2D eigenvalue weighted by Gasteiger charge is 2.30. The zero-order chi connectivity index (χ0) is 22.4. The fraction of sp³-hybridized carbons (Fsp3) is 0.318. The Morgan fingerprint density at radius 2 is 1.61 bits per heavy atom. The lowest BCUT2D eigenvalue weighted by Crippen LogP contribution is -2.56. The van der Waals surface area contributed by atoms with Crippen molar-refractivity contribution in [2.45, 2.75) is 19.4 Å². The number of benzene rings is 2. The summed E-state index contributed by atoms with van der Waals surface area (Å²) in [5.41, 5.74) is 0.985. The molecule has 1 aliphatic heterocycles. The summed E-state index contributed by atoms with van der Waals surface area (Å²) in [4.78, 5) is 40.3. The van der Waals surface area contributed by atoms with Crippen molar-refractivity contribution in [1.82, 2.24) is 15.1 Å². The standard InChI is InChI=1S/C22H24ClFN4O3/c1-15(29)25-20(14-16-4-2-3-5-19(16)24)21(30)27-10-12-28(13-11-27)22(31)26-18-8-6-17(23)7-9-18/h2-9,20H,10-14H2,1H3,(H,25,29)(H,26,31). The highest BCUT2D eigenvalue weighted by molar-refractivity contribution is 6.30. The second-order valence-corrected chi connectivity index (χ2v) is 7.73. The van der Waals surface area contributed by atoms with Crippen molar-refractivity contribution < 1.29 is 18.8 Å². The second-order valence-electron chi connectivity index (χ2n) is 7.30. The van der Waals surface area contributed by atoms with E-state index in [4.69, 9.17) is 11.6 Å². The van der Waals surface area contributed by atoms with E-state index in [1.165, 1.54) is 13.0 Å². The first kappa shape index (κ1) is 22.6. The van der Waals surface area contributed by atoms with Gasteiger partial charge in [0.1, 0.15) is 11.9 Å². The fourth-order valence-electron chi connectivity index (χ4n) is 3.42. The molecule has 31 heavy (non-hydrogen) atoms. The van der Waals surface area contributed by atoms with E-state index in [1.54, 1.807) is 52.3 Å². The van der Waals surface area contributed by atoms with E-state index >= 15 is 0 Å². The Morgan fingerprint density at radius 1 is 1.00 bits per heavy atom. The van der Waals surface area contributed by atoms with Crippen LogP contribution in [0, 0.1) is 5.82 Å². The van der Waals surface area contributed by atoms with Crippen LogP contribution in [-0.2, 0) is 16.0 Å². The number of hydrogen-bond donors (Lipinski definition) is 2. The lowest BCUT2D eigenvalue weighted by molar-refractivity contribution is -0.137. The lowest BCUT2D eigenvalue weighted by atomic mass is 10.0. The minimum absolute atomic E-state index is 0.0579. The summed E-state index contributed by atoms with van der Waals surface area (Å²) in [5, 5.41) is 6.00. The molecule has 0 spiro atoms. The van der Waals surface area contributed by atoms with Crippen LogP contribution in [0.15, 0.2) is 48.5 Å². The van der Waals surface area contributed by atoms with Crippen molar-refractivity contribution in [2.75, 3.05) is 31.5 Å². The fourth-order valence-corrected chi connectivity index (χ4v) is 3.54. The molecule has 1 unspecified atom stereocenters. The number of urea groups is 1. The van der Waals surface area contributed by atoms with Crippen molar-refractivity contribution in [3.05, 3.63) is 64.9 Å². The number of amides is 4. The Hall–Kier alpha value is -3.13. The first-order valence-corrected chi connectivity index (χ1v) is 10.3. The molecule has 1 atom stereocenters. The van der Waals surface area contributed by atoms with Crippen LogP contribution in [-0.4, -0.2) is 59.9 Å². The summed E-state index contributed by atoms with van der Waals surface area (Å²) >= 11 is 5.85. The zero-order valence-electron chi connectivity index (χ0n) is 17.1. The predicted octanol–water partition coefficient (Wildman–Crippen LogP) is 2.90. The van der Waals surface area contributed by atoms with Crippen LogP contribution in [0.1, 0.15) is 12.5 Å². The van der Waals surface area contributed by atoms with Gasteiger partial charge in [-0.1, -0.05) is 29.8 Å². The van der Waals surface area contributed by atoms with E-state index in [0.29, 0.717) is 42.5 Å². The number of halogens is 2. The first-order chi connectivity index (χ1) is 14.8. The average Bonchev–Trinajstić information content (AvgIpc) is 2.75. The third-order valence-electron chi connectivity index (χ3n) is 5.03. The maximum atomic E-state index is 14.0. The van der Waals surface area contributed by atoms with Crippen molar-refractivity contribution >= 4 is 35.1 Å². The number of piperazine rings is 1. The second kappa shape index (κ2) is 10.3. The van der Waals surface area contributed by atoms with Gasteiger partial charge in [0.2, 0.25) is 11.8 Å². The van der Waals surface area contributed by atoms with E-state index in [9.17, 15) is 18.8 Å². The quantitative estimate of drug-likeness (QED) is 0.741. The molecule has 1 fully saturated rings. The normalized spacial score (nSPS) is 14.7. The lowest BCUT2D eigenvalue weighted by Gasteiger charge is -2.36. The van der Waals surface area contributed by atoms with Gasteiger partial charge >= 0.3 is 6.03 Å². The number of carbonyl (C=O) groups is 3. The molecule has 3 rings (SSSR count). The SMILES string of the molecule is CC(=O)NC(Cc1ccccc1F)C(=O)N1CCN(C(=O)Nc2ccc(Cl)cc2)CC1. The summed E-state index contributed by atoms with van der Waals surface area (Å²) in [6, 6.07) is 11.8. The number of hydrogen-bond acceptors (Lipinski definition) is 3. The molecule has 2 N–H and O–H groups in total. The third kappa shape index (κ3) is 6.18. The summed E-state index contributed by atoms with van der Waals surface area (Å²) in [7, 11) is 0. The van der Waals surface area contributed by atoms with E-state index in [2.05, 4.69) is 10.6 Å². The van der Waals surface area contributed by atoms with Gasteiger partial charge in [-0.25, -0.2) is 9.18 Å². The molecule has 0 radical (unpaired) electrons. The molecule has 2 aromatic carbocycles. The van der Waals surface area contributed by atoms with Crippen LogP contribution in [0.25, 0.3) is 0 Å². The number of nitrogens with one attached hydrogen (secondary N) is 2. The van der Waals surface area contributed by atoms with Gasteiger partial charge in [-0.15, -0.1) is 0 Å². The van der Waals surface area contributed by atoms with Gasteiger partial charge in [0, 0.05) is 50.2 Å². The monoisotopic (exact) mass is 446 g/mol. The summed E-state index contributed by atoms with van der Waals surface area (Å²) in [6.45, 7) is 2.65. The largest absolute Gasteiger partial charge is 0.344 e. The van der Waals surface area contributed by atoms with Gasteiger partial charge in [-0.3, -0.25) is 9.59 Å². The number of anilines is 1. The topological polar surface area (TPSA) is 81.8 Å². The smallest absolute Gasteiger partial charge is 0.321 e. The molecule has 2 aromatic rings. The maximum Gasteiger partial charge on any atom is 0.321 e. The number of rotatable bonds is 5. The Morgan fingerprint density at radius 3 is 2.23 bits per heavy atom. The van der Waals surface area contributed by atoms with Crippen LogP contribution in [0.3, 0.4) is 0 Å². The Balaban J connectivity index is 1.58. The Labute approximate surface area is 185 Å². The molecule has 1 heterocycles. The highest BCUT2D eigenvalue weighted by atomic mass is 35.5. The van der Waals surface area contributed by atoms with Crippen molar-refractivity contribution in [1.29, 1.82) is 0 Å². The summed E-state index contributed by atoms with van der Waals surface area (Å²) < 4.78 is 14.0. The van der Waals surface area contributed by atoms with Gasteiger partial charge in [-0.2, -0.15) is 0 Å². The van der Waals surface area contributed by atoms with E-state index in [1.807, 2.05) is 0 Å². The minimum Gasteiger partial charge on any atom is -0.344 e. The molecular weight excluding hydrogens is 423 g/mol. The van der Waals surface area contributed by atoms with Crippen molar-refractivity contribution in [2.24, 2.45) is 0 Å². The highest BCUT2D eigenvalue weighted by Crippen LogP contribution is 2.15. The molecular formula is C22H24ClFN4O3. The van der Waals surface area contributed by atoms with Crippen molar-refractivity contribution in [3.8, 4) is 0 Å². The maximum absolute atomic E-state index is 14.0. The van der Waals surface area contributed by atoms with E-state index < -0.39 is 11.9 Å². The molecule has 1 aliphatic rings. The molecule has 0 saturated carbocycles. The average molecular weight is 447 g/mol. The van der Waals surface area contributed by atoms with Gasteiger partial charge in [0.25, 0.3) is 0 Å². The van der Waals surface area contributed by atoms with Crippen LogP contribution < -0.4 is 10.6 Å². The Kier molecular flexibility index (Phi) is 7.46. The Bertz CT molecular complexity index is 946. The van der Waals surface area contributed by atoms with Crippen molar-refractivity contribution in [3.63, 3.8) is 0 Å². The van der Waals surface area contributed by atoms with Crippen LogP contribution in [0.4, 0.5) is 14.9 Å². The van der Waals surface area contributed by atoms with E-state index in [0.717, 1.165) is 0 Å². The van der Waals surface area contributed by atoms with Crippen LogP contribution >= 0.6 is 11.6 Å². The third-order valence-corrected chi connectivity index (χ3v) is 5.28. The predicted molar refractivity (Wildman–Crippen MR) is 116 cm³/mol. The number of carbonyl (C=O) groups excluding carboxylic acids is 3. The first-order valence-electron chi connectivity index (χ1n) is 9.94. The van der Waals surface area contributed by atoms with Gasteiger partial charge in [0.15, 0.2) is 0 Å². The molecule has 0 aliphatic carbocycles. The number of nitrogens with zero attached hydrogens (tertiary/aromatic N) is 2. The van der Waals surface area contributed by atoms with Gasteiger partial charge < -0.3 is 20.4 Å². The van der Waals surface area contributed by atoms with Gasteiger partial charge in [-0.05, 0) is 35.9 Å². The summed E-state index contributed by atoms with van der Waals surface area (Å²) in [6.07, 6.45) is 0.0579. The molecule has 9 heteroatoms. The molecule has 0 bridgehead atoms. The molecule has 4 amide bonds. The zero-order valence-corrected chi connectivity index (χ0v) is 17.9. The van der Waals surface area contributed by atoms with Gasteiger partial charge in [0.05, 0.1) is 0 Å². The molecule has 7 nitrogen and oxygen atoms in total. The minimum atomic E-state index is -0.871. The van der Waals surface area contributed by atoms with Crippen LogP contribution in [0.2, 0.25) is 5.02 Å². The molecule has 1 saturated heterocycles. The van der Waals surface area contributed by atoms with Crippen LogP contribution in [0.5, 0.6) is 0 Å². The molecule has 0 aromatic heterocycles. The summed E-state index contributed by atoms with van der Waals surface area (Å²) in [5.74, 6) is -1.08.